The first kappa shape index (κ1) is 12.0. The van der Waals surface area contributed by atoms with Crippen molar-refractivity contribution in [3.63, 3.8) is 0 Å². The van der Waals surface area contributed by atoms with E-state index in [2.05, 4.69) is 20.3 Å². The number of carboxylic acid groups (broad SMARTS) is 1. The van der Waals surface area contributed by atoms with E-state index in [0.717, 1.165) is 5.39 Å². The molecule has 1 aromatic carbocycles. The highest BCUT2D eigenvalue weighted by Crippen LogP contribution is 2.25. The van der Waals surface area contributed by atoms with Crippen molar-refractivity contribution in [2.24, 2.45) is 0 Å². The van der Waals surface area contributed by atoms with Crippen LogP contribution in [0.25, 0.3) is 10.9 Å². The summed E-state index contributed by atoms with van der Waals surface area (Å²) in [5, 5.41) is 13.0. The van der Waals surface area contributed by atoms with Gasteiger partial charge in [0.05, 0.1) is 16.8 Å². The number of anilines is 2. The number of aromatic nitrogens is 3. The minimum atomic E-state index is -0.985. The van der Waals surface area contributed by atoms with Gasteiger partial charge in [-0.05, 0) is 24.3 Å². The maximum atomic E-state index is 11.2. The summed E-state index contributed by atoms with van der Waals surface area (Å²) >= 11 is 0. The van der Waals surface area contributed by atoms with E-state index in [1.807, 2.05) is 6.07 Å². The van der Waals surface area contributed by atoms with Crippen LogP contribution < -0.4 is 5.32 Å². The molecule has 0 aliphatic carbocycles. The molecule has 0 saturated carbocycles. The van der Waals surface area contributed by atoms with Gasteiger partial charge in [0.2, 0.25) is 0 Å². The summed E-state index contributed by atoms with van der Waals surface area (Å²) in [7, 11) is 0. The normalized spacial score (nSPS) is 10.4. The first-order valence-corrected chi connectivity index (χ1v) is 5.89. The average Bonchev–Trinajstić information content (AvgIpc) is 2.48. The Bertz CT molecular complexity index is 774. The Morgan fingerprint density at radius 3 is 2.80 bits per heavy atom. The van der Waals surface area contributed by atoms with Crippen LogP contribution in [0.3, 0.4) is 0 Å². The van der Waals surface area contributed by atoms with E-state index in [4.69, 9.17) is 5.11 Å². The number of carbonyl (C=O) groups is 1. The number of nitrogens with one attached hydrogen (secondary N) is 1. The van der Waals surface area contributed by atoms with Crippen molar-refractivity contribution in [3.8, 4) is 0 Å². The van der Waals surface area contributed by atoms with Crippen LogP contribution >= 0.6 is 0 Å². The summed E-state index contributed by atoms with van der Waals surface area (Å²) < 4.78 is 0. The van der Waals surface area contributed by atoms with E-state index in [1.165, 1.54) is 6.33 Å². The minimum Gasteiger partial charge on any atom is -0.478 e. The Labute approximate surface area is 114 Å². The number of nitrogens with zero attached hydrogens (tertiary/aromatic N) is 3. The number of fused-ring (bicyclic) bond motifs is 1. The van der Waals surface area contributed by atoms with Crippen LogP contribution in [-0.4, -0.2) is 26.0 Å². The number of rotatable bonds is 3. The molecule has 2 N–H and O–H groups in total. The molecule has 20 heavy (non-hydrogen) atoms. The van der Waals surface area contributed by atoms with Gasteiger partial charge in [-0.15, -0.1) is 0 Å². The zero-order valence-corrected chi connectivity index (χ0v) is 10.3. The third kappa shape index (κ3) is 2.26. The molecule has 0 bridgehead atoms. The molecule has 0 atom stereocenters. The quantitative estimate of drug-likeness (QED) is 0.757. The number of carboxylic acids is 1. The molecule has 0 aliphatic heterocycles. The summed E-state index contributed by atoms with van der Waals surface area (Å²) in [4.78, 5) is 23.3. The molecular formula is C14H10N4O2. The molecule has 3 aromatic rings. The minimum absolute atomic E-state index is 0.196. The van der Waals surface area contributed by atoms with Crippen LogP contribution in [0.15, 0.2) is 49.1 Å². The monoisotopic (exact) mass is 266 g/mol. The highest BCUT2D eigenvalue weighted by Gasteiger charge is 2.10. The van der Waals surface area contributed by atoms with Crippen molar-refractivity contribution >= 4 is 28.4 Å². The van der Waals surface area contributed by atoms with Crippen molar-refractivity contribution in [1.82, 2.24) is 15.0 Å². The number of hydrogen-bond acceptors (Lipinski definition) is 5. The maximum absolute atomic E-state index is 11.2. The molecule has 0 unspecified atom stereocenters. The third-order valence-electron chi connectivity index (χ3n) is 2.80. The smallest absolute Gasteiger partial charge is 0.335 e. The first-order chi connectivity index (χ1) is 9.74. The second-order valence-electron chi connectivity index (χ2n) is 4.12. The Morgan fingerprint density at radius 1 is 1.15 bits per heavy atom. The summed E-state index contributed by atoms with van der Waals surface area (Å²) in [6, 6.07) is 8.42. The molecule has 6 heteroatoms. The van der Waals surface area contributed by atoms with Crippen molar-refractivity contribution in [2.75, 3.05) is 5.32 Å². The fraction of sp³-hybridized carbons (Fsp3) is 0. The first-order valence-electron chi connectivity index (χ1n) is 5.89. The SMILES string of the molecule is O=C(O)c1cc(Nc2ccncn2)c2ncccc2c1. The van der Waals surface area contributed by atoms with Crippen molar-refractivity contribution in [1.29, 1.82) is 0 Å². The van der Waals surface area contributed by atoms with E-state index >= 15 is 0 Å². The molecule has 2 heterocycles. The average molecular weight is 266 g/mol. The Kier molecular flexibility index (Phi) is 2.96. The van der Waals surface area contributed by atoms with Crippen LogP contribution in [0.4, 0.5) is 11.5 Å². The Hall–Kier alpha value is -3.02. The molecule has 2 aromatic heterocycles. The number of hydrogen-bond donors (Lipinski definition) is 2. The molecule has 0 amide bonds. The lowest BCUT2D eigenvalue weighted by molar-refractivity contribution is 0.0697. The van der Waals surface area contributed by atoms with Gasteiger partial charge >= 0.3 is 5.97 Å². The molecular weight excluding hydrogens is 256 g/mol. The van der Waals surface area contributed by atoms with Crippen molar-refractivity contribution in [3.05, 3.63) is 54.6 Å². The second kappa shape index (κ2) is 4.93. The van der Waals surface area contributed by atoms with E-state index in [1.54, 1.807) is 36.7 Å². The van der Waals surface area contributed by atoms with Crippen LogP contribution in [0.5, 0.6) is 0 Å². The second-order valence-corrected chi connectivity index (χ2v) is 4.12. The summed E-state index contributed by atoms with van der Waals surface area (Å²) in [6.07, 6.45) is 4.68. The van der Waals surface area contributed by atoms with Crippen LogP contribution in [-0.2, 0) is 0 Å². The zero-order chi connectivity index (χ0) is 13.9. The van der Waals surface area contributed by atoms with Gasteiger partial charge in [-0.3, -0.25) is 4.98 Å². The molecule has 98 valence electrons. The summed E-state index contributed by atoms with van der Waals surface area (Å²) in [6.45, 7) is 0. The summed E-state index contributed by atoms with van der Waals surface area (Å²) in [5.41, 5.74) is 1.48. The molecule has 0 saturated heterocycles. The fourth-order valence-corrected chi connectivity index (χ4v) is 1.91. The molecule has 6 nitrogen and oxygen atoms in total. The predicted octanol–water partition coefficient (Wildman–Crippen LogP) is 2.47. The van der Waals surface area contributed by atoms with Crippen LogP contribution in [0.2, 0.25) is 0 Å². The predicted molar refractivity (Wildman–Crippen MR) is 74.0 cm³/mol. The highest BCUT2D eigenvalue weighted by atomic mass is 16.4. The lowest BCUT2D eigenvalue weighted by Gasteiger charge is -2.09. The Balaban J connectivity index is 2.15. The highest BCUT2D eigenvalue weighted by molar-refractivity contribution is 5.99. The van der Waals surface area contributed by atoms with Gasteiger partial charge in [-0.25, -0.2) is 14.8 Å². The van der Waals surface area contributed by atoms with Crippen molar-refractivity contribution < 1.29 is 9.90 Å². The molecule has 0 spiro atoms. The fourth-order valence-electron chi connectivity index (χ4n) is 1.91. The molecule has 0 radical (unpaired) electrons. The van der Waals surface area contributed by atoms with E-state index in [9.17, 15) is 4.79 Å². The zero-order valence-electron chi connectivity index (χ0n) is 10.3. The largest absolute Gasteiger partial charge is 0.478 e. The Morgan fingerprint density at radius 2 is 2.05 bits per heavy atom. The molecule has 0 aliphatic rings. The number of benzene rings is 1. The third-order valence-corrected chi connectivity index (χ3v) is 2.80. The molecule has 0 fully saturated rings. The van der Waals surface area contributed by atoms with Gasteiger partial charge < -0.3 is 10.4 Å². The lowest BCUT2D eigenvalue weighted by atomic mass is 10.1. The van der Waals surface area contributed by atoms with Gasteiger partial charge in [0.1, 0.15) is 12.1 Å². The molecule has 3 rings (SSSR count). The van der Waals surface area contributed by atoms with Gasteiger partial charge in [0, 0.05) is 17.8 Å². The van der Waals surface area contributed by atoms with E-state index < -0.39 is 5.97 Å². The number of pyridine rings is 1. The van der Waals surface area contributed by atoms with Gasteiger partial charge in [-0.1, -0.05) is 6.07 Å². The number of aromatic carboxylic acids is 1. The summed E-state index contributed by atoms with van der Waals surface area (Å²) in [5.74, 6) is -0.406. The van der Waals surface area contributed by atoms with Crippen molar-refractivity contribution in [2.45, 2.75) is 0 Å². The topological polar surface area (TPSA) is 88.0 Å². The standard InChI is InChI=1S/C14H10N4O2/c19-14(20)10-6-9-2-1-4-16-13(9)11(7-10)18-12-3-5-15-8-17-12/h1-8H,(H,19,20)(H,15,17,18). The van der Waals surface area contributed by atoms with Gasteiger partial charge in [-0.2, -0.15) is 0 Å². The maximum Gasteiger partial charge on any atom is 0.335 e. The van der Waals surface area contributed by atoms with Crippen LogP contribution in [0, 0.1) is 0 Å². The van der Waals surface area contributed by atoms with Gasteiger partial charge in [0.15, 0.2) is 0 Å². The van der Waals surface area contributed by atoms with E-state index in [-0.39, 0.29) is 5.56 Å². The van der Waals surface area contributed by atoms with Crippen LogP contribution in [0.1, 0.15) is 10.4 Å². The van der Waals surface area contributed by atoms with E-state index in [0.29, 0.717) is 17.0 Å². The lowest BCUT2D eigenvalue weighted by Crippen LogP contribution is -2.01. The van der Waals surface area contributed by atoms with Gasteiger partial charge in [0.25, 0.3) is 0 Å².